The van der Waals surface area contributed by atoms with Gasteiger partial charge >= 0.3 is 5.97 Å². The van der Waals surface area contributed by atoms with Gasteiger partial charge in [0.2, 0.25) is 5.43 Å². The van der Waals surface area contributed by atoms with Crippen molar-refractivity contribution in [3.05, 3.63) is 56.6 Å². The summed E-state index contributed by atoms with van der Waals surface area (Å²) < 4.78 is 43.4. The van der Waals surface area contributed by atoms with Gasteiger partial charge in [-0.05, 0) is 13.0 Å². The molecule has 0 saturated heterocycles. The number of nitrogen functional groups attached to an aromatic ring is 1. The molecule has 1 unspecified atom stereocenters. The average molecular weight is 443 g/mol. The number of carboxylic acid groups (broad SMARTS) is 1. The number of nitrogens with zero attached hydrogens (tertiary/aromatic N) is 2. The van der Waals surface area contributed by atoms with Gasteiger partial charge in [-0.2, -0.15) is 0 Å². The predicted octanol–water partition coefficient (Wildman–Crippen LogP) is 2.53. The van der Waals surface area contributed by atoms with E-state index in [1.54, 1.807) is 0 Å². The fraction of sp³-hybridized carbons (Fsp3) is 0.167. The molecule has 0 aliphatic heterocycles. The molecule has 0 radical (unpaired) electrons. The van der Waals surface area contributed by atoms with Gasteiger partial charge in [0.15, 0.2) is 23.3 Å². The fourth-order valence-corrected chi connectivity index (χ4v) is 3.14. The summed E-state index contributed by atoms with van der Waals surface area (Å²) in [6, 6.07) is 0.500. The second-order valence-electron chi connectivity index (χ2n) is 6.38. The van der Waals surface area contributed by atoms with Crippen LogP contribution < -0.4 is 16.5 Å². The Morgan fingerprint density at radius 3 is 2.57 bits per heavy atom. The largest absolute Gasteiger partial charge is 0.477 e. The molecule has 0 spiro atoms. The lowest BCUT2D eigenvalue weighted by molar-refractivity contribution is 0.0695. The van der Waals surface area contributed by atoms with E-state index in [4.69, 9.17) is 17.3 Å². The van der Waals surface area contributed by atoms with Crippen molar-refractivity contribution >= 4 is 40.0 Å². The molecule has 2 aromatic heterocycles. The molecular weight excluding hydrogens is 429 g/mol. The molecule has 0 amide bonds. The number of anilines is 2. The van der Waals surface area contributed by atoms with Gasteiger partial charge in [0.05, 0.1) is 28.2 Å². The highest BCUT2D eigenvalue weighted by Crippen LogP contribution is 2.35. The molecule has 0 saturated carbocycles. The van der Waals surface area contributed by atoms with Crippen LogP contribution in [0.3, 0.4) is 0 Å². The van der Waals surface area contributed by atoms with E-state index in [2.05, 4.69) is 10.3 Å². The summed E-state index contributed by atoms with van der Waals surface area (Å²) in [6.07, 6.45) is 0.735. The number of aromatic nitrogens is 2. The highest BCUT2D eigenvalue weighted by molar-refractivity contribution is 6.38. The normalized spacial score (nSPS) is 12.2. The zero-order valence-electron chi connectivity index (χ0n) is 15.2. The van der Waals surface area contributed by atoms with Crippen molar-refractivity contribution in [1.29, 1.82) is 0 Å². The molecule has 158 valence electrons. The summed E-state index contributed by atoms with van der Waals surface area (Å²) in [4.78, 5) is 27.6. The number of nitrogens with two attached hydrogens (primary N) is 1. The molecule has 5 N–H and O–H groups in total. The number of rotatable bonds is 5. The summed E-state index contributed by atoms with van der Waals surface area (Å²) in [6.45, 7) is 1.13. The van der Waals surface area contributed by atoms with Gasteiger partial charge in [0.25, 0.3) is 0 Å². The number of benzene rings is 1. The maximum atomic E-state index is 14.6. The Kier molecular flexibility index (Phi) is 5.59. The number of pyridine rings is 2. The molecule has 12 heteroatoms. The molecular formula is C18H14ClF3N4O4. The summed E-state index contributed by atoms with van der Waals surface area (Å²) >= 11 is 6.28. The Bertz CT molecular complexity index is 1250. The monoisotopic (exact) mass is 442 g/mol. The Morgan fingerprint density at radius 2 is 1.97 bits per heavy atom. The van der Waals surface area contributed by atoms with Crippen molar-refractivity contribution < 1.29 is 28.2 Å². The lowest BCUT2D eigenvalue weighted by atomic mass is 10.1. The van der Waals surface area contributed by atoms with E-state index in [1.807, 2.05) is 0 Å². The number of carbonyl (C=O) groups is 1. The Morgan fingerprint density at radius 1 is 1.30 bits per heavy atom. The third-order valence-corrected chi connectivity index (χ3v) is 4.61. The van der Waals surface area contributed by atoms with E-state index >= 15 is 0 Å². The predicted molar refractivity (Wildman–Crippen MR) is 104 cm³/mol. The third kappa shape index (κ3) is 3.53. The lowest BCUT2D eigenvalue weighted by Gasteiger charge is -2.19. The van der Waals surface area contributed by atoms with Crippen molar-refractivity contribution in [2.45, 2.75) is 13.0 Å². The number of halogens is 4. The minimum Gasteiger partial charge on any atom is -0.477 e. The molecule has 0 fully saturated rings. The summed E-state index contributed by atoms with van der Waals surface area (Å²) in [5.41, 5.74) is 2.88. The quantitative estimate of drug-likeness (QED) is 0.477. The van der Waals surface area contributed by atoms with Crippen molar-refractivity contribution in [3.63, 3.8) is 0 Å². The Labute approximate surface area is 171 Å². The molecule has 0 aliphatic rings. The Hall–Kier alpha value is -3.31. The van der Waals surface area contributed by atoms with Crippen LogP contribution in [-0.2, 0) is 0 Å². The van der Waals surface area contributed by atoms with E-state index < -0.39 is 62.5 Å². The first-order chi connectivity index (χ1) is 14.1. The summed E-state index contributed by atoms with van der Waals surface area (Å²) in [5.74, 6) is -6.42. The van der Waals surface area contributed by atoms with Crippen LogP contribution in [0.5, 0.6) is 0 Å². The molecule has 30 heavy (non-hydrogen) atoms. The molecule has 3 aromatic rings. The standard InChI is InChI=1S/C18H14ClF3N4O4/c1-6(5-27)24-13-9(20)2-7-14(12(13)19)26(4-8(15(7)28)18(29)30)17-11(22)3-10(21)16(23)25-17/h2-4,6,24,27H,5H2,1H3,(H2,23,25)(H,29,30). The lowest BCUT2D eigenvalue weighted by Crippen LogP contribution is -2.23. The first-order valence-corrected chi connectivity index (χ1v) is 8.74. The number of hydrogen-bond donors (Lipinski definition) is 4. The smallest absolute Gasteiger partial charge is 0.341 e. The van der Waals surface area contributed by atoms with Gasteiger partial charge in [0.1, 0.15) is 11.4 Å². The molecule has 1 atom stereocenters. The van der Waals surface area contributed by atoms with Crippen LogP contribution in [0.25, 0.3) is 16.7 Å². The molecule has 0 aliphatic carbocycles. The second-order valence-corrected chi connectivity index (χ2v) is 6.76. The van der Waals surface area contributed by atoms with E-state index in [1.165, 1.54) is 6.92 Å². The van der Waals surface area contributed by atoms with Crippen molar-refractivity contribution in [2.24, 2.45) is 0 Å². The second kappa shape index (κ2) is 7.84. The fourth-order valence-electron chi connectivity index (χ4n) is 2.80. The van der Waals surface area contributed by atoms with Gasteiger partial charge in [0, 0.05) is 18.3 Å². The molecule has 8 nitrogen and oxygen atoms in total. The Balaban J connectivity index is 2.50. The number of nitrogens with one attached hydrogen (secondary N) is 1. The number of aliphatic hydroxyl groups is 1. The molecule has 3 rings (SSSR count). The first kappa shape index (κ1) is 21.4. The zero-order valence-corrected chi connectivity index (χ0v) is 16.0. The van der Waals surface area contributed by atoms with Gasteiger partial charge in [-0.25, -0.2) is 22.9 Å². The van der Waals surface area contributed by atoms with Crippen molar-refractivity contribution in [1.82, 2.24) is 9.55 Å². The van der Waals surface area contributed by atoms with Crippen LogP contribution in [0.2, 0.25) is 5.02 Å². The van der Waals surface area contributed by atoms with Gasteiger partial charge in [-0.15, -0.1) is 0 Å². The van der Waals surface area contributed by atoms with E-state index in [0.29, 0.717) is 6.07 Å². The molecule has 2 heterocycles. The minimum atomic E-state index is -1.67. The van der Waals surface area contributed by atoms with Crippen LogP contribution in [0.1, 0.15) is 17.3 Å². The average Bonchev–Trinajstić information content (AvgIpc) is 2.68. The third-order valence-electron chi connectivity index (χ3n) is 4.24. The van der Waals surface area contributed by atoms with E-state index in [9.17, 15) is 33.0 Å². The summed E-state index contributed by atoms with van der Waals surface area (Å²) in [7, 11) is 0. The molecule has 0 bridgehead atoms. The number of hydrogen-bond acceptors (Lipinski definition) is 6. The number of carboxylic acids is 1. The van der Waals surface area contributed by atoms with Crippen LogP contribution in [-0.4, -0.2) is 38.4 Å². The van der Waals surface area contributed by atoms with Crippen LogP contribution in [0.4, 0.5) is 24.7 Å². The number of aromatic carboxylic acids is 1. The van der Waals surface area contributed by atoms with Crippen LogP contribution in [0, 0.1) is 17.5 Å². The van der Waals surface area contributed by atoms with Gasteiger partial charge in [-0.3, -0.25) is 9.36 Å². The van der Waals surface area contributed by atoms with Crippen LogP contribution >= 0.6 is 11.6 Å². The highest BCUT2D eigenvalue weighted by atomic mass is 35.5. The van der Waals surface area contributed by atoms with Crippen molar-refractivity contribution in [3.8, 4) is 5.82 Å². The van der Waals surface area contributed by atoms with E-state index in [-0.39, 0.29) is 17.8 Å². The highest BCUT2D eigenvalue weighted by Gasteiger charge is 2.24. The minimum absolute atomic E-state index is 0.293. The van der Waals surface area contributed by atoms with Gasteiger partial charge in [-0.1, -0.05) is 11.6 Å². The molecule has 1 aromatic carbocycles. The maximum absolute atomic E-state index is 14.6. The SMILES string of the molecule is CC(CO)Nc1c(F)cc2c(=O)c(C(=O)O)cn(-c3nc(N)c(F)cc3F)c2c1Cl. The number of aliphatic hydroxyl groups excluding tert-OH is 1. The van der Waals surface area contributed by atoms with E-state index in [0.717, 1.165) is 16.8 Å². The maximum Gasteiger partial charge on any atom is 0.341 e. The van der Waals surface area contributed by atoms with Crippen molar-refractivity contribution in [2.75, 3.05) is 17.7 Å². The topological polar surface area (TPSA) is 130 Å². The van der Waals surface area contributed by atoms with Crippen LogP contribution in [0.15, 0.2) is 23.1 Å². The first-order valence-electron chi connectivity index (χ1n) is 8.36. The zero-order chi connectivity index (χ0) is 22.3. The summed E-state index contributed by atoms with van der Waals surface area (Å²) in [5, 5.41) is 20.2. The number of fused-ring (bicyclic) bond motifs is 1. The van der Waals surface area contributed by atoms with Gasteiger partial charge < -0.3 is 21.3 Å².